The summed E-state index contributed by atoms with van der Waals surface area (Å²) in [5.74, 6) is -0.724. The summed E-state index contributed by atoms with van der Waals surface area (Å²) in [6.07, 6.45) is 1.90. The smallest absolute Gasteiger partial charge is 0.308 e. The van der Waals surface area contributed by atoms with Crippen molar-refractivity contribution >= 4 is 30.5 Å². The van der Waals surface area contributed by atoms with Crippen LogP contribution in [0.3, 0.4) is 0 Å². The standard InChI is InChI=1S/C25H27ClN3O3PS/c1-3-31-33(30,32-4-2)25(27-17-22-11-8-16-34-22)23-18-29(21-9-6-5-7-10-21)28-24(23)19-12-14-20(26)15-13-19/h5-16,18,25,27H,3-4,17H2,1-2H3. The second-order valence-corrected chi connectivity index (χ2v) is 11.0. The average Bonchev–Trinajstić information content (AvgIpc) is 3.51. The van der Waals surface area contributed by atoms with Gasteiger partial charge >= 0.3 is 7.60 Å². The number of hydrogen-bond acceptors (Lipinski definition) is 6. The van der Waals surface area contributed by atoms with Gasteiger partial charge in [-0.2, -0.15) is 5.10 Å². The summed E-state index contributed by atoms with van der Waals surface area (Å²) in [7, 11) is -3.59. The molecule has 4 aromatic rings. The van der Waals surface area contributed by atoms with Crippen LogP contribution in [0.5, 0.6) is 0 Å². The molecule has 0 amide bonds. The van der Waals surface area contributed by atoms with Crippen molar-refractivity contribution < 1.29 is 13.6 Å². The Labute approximate surface area is 209 Å². The summed E-state index contributed by atoms with van der Waals surface area (Å²) >= 11 is 7.78. The minimum absolute atomic E-state index is 0.261. The summed E-state index contributed by atoms with van der Waals surface area (Å²) in [5.41, 5.74) is 3.16. The van der Waals surface area contributed by atoms with Crippen LogP contribution in [0.2, 0.25) is 5.02 Å². The largest absolute Gasteiger partial charge is 0.352 e. The van der Waals surface area contributed by atoms with E-state index in [0.29, 0.717) is 17.3 Å². The van der Waals surface area contributed by atoms with Gasteiger partial charge in [-0.15, -0.1) is 11.3 Å². The average molecular weight is 516 g/mol. The van der Waals surface area contributed by atoms with E-state index in [1.807, 2.05) is 92.2 Å². The molecular weight excluding hydrogens is 489 g/mol. The Morgan fingerprint density at radius 2 is 1.74 bits per heavy atom. The van der Waals surface area contributed by atoms with E-state index < -0.39 is 13.4 Å². The Balaban J connectivity index is 1.86. The molecule has 9 heteroatoms. The third-order valence-corrected chi connectivity index (χ3v) is 8.62. The van der Waals surface area contributed by atoms with Crippen molar-refractivity contribution in [3.63, 3.8) is 0 Å². The maximum Gasteiger partial charge on any atom is 0.352 e. The lowest BCUT2D eigenvalue weighted by atomic mass is 10.1. The van der Waals surface area contributed by atoms with Crippen molar-refractivity contribution in [3.8, 4) is 16.9 Å². The van der Waals surface area contributed by atoms with Crippen molar-refractivity contribution in [2.24, 2.45) is 0 Å². The number of aromatic nitrogens is 2. The normalized spacial score (nSPS) is 12.7. The van der Waals surface area contributed by atoms with E-state index in [2.05, 4.69) is 5.32 Å². The lowest BCUT2D eigenvalue weighted by Gasteiger charge is -2.27. The Hall–Kier alpha value is -2.25. The molecule has 0 aliphatic rings. The van der Waals surface area contributed by atoms with Gasteiger partial charge in [0, 0.05) is 33.8 Å². The van der Waals surface area contributed by atoms with Crippen molar-refractivity contribution in [1.82, 2.24) is 15.1 Å². The molecule has 6 nitrogen and oxygen atoms in total. The Kier molecular flexibility index (Phi) is 8.37. The molecule has 4 rings (SSSR count). The summed E-state index contributed by atoms with van der Waals surface area (Å²) in [6, 6.07) is 21.3. The molecule has 2 heterocycles. The number of halogens is 1. The predicted octanol–water partition coefficient (Wildman–Crippen LogP) is 7.31. The number of para-hydroxylation sites is 1. The fourth-order valence-electron chi connectivity index (χ4n) is 3.68. The van der Waals surface area contributed by atoms with Crippen LogP contribution in [0, 0.1) is 0 Å². The quantitative estimate of drug-likeness (QED) is 0.212. The maximum atomic E-state index is 14.1. The van der Waals surface area contributed by atoms with E-state index >= 15 is 0 Å². The minimum Gasteiger partial charge on any atom is -0.308 e. The van der Waals surface area contributed by atoms with E-state index in [-0.39, 0.29) is 13.2 Å². The van der Waals surface area contributed by atoms with Crippen molar-refractivity contribution in [2.45, 2.75) is 26.2 Å². The van der Waals surface area contributed by atoms with Gasteiger partial charge in [0.25, 0.3) is 0 Å². The highest BCUT2D eigenvalue weighted by Gasteiger charge is 2.39. The summed E-state index contributed by atoms with van der Waals surface area (Å²) in [6.45, 7) is 4.67. The summed E-state index contributed by atoms with van der Waals surface area (Å²) < 4.78 is 27.5. The van der Waals surface area contributed by atoms with Crippen LogP contribution in [0.15, 0.2) is 78.3 Å². The van der Waals surface area contributed by atoms with Crippen LogP contribution in [-0.2, 0) is 20.2 Å². The van der Waals surface area contributed by atoms with Gasteiger partial charge in [0.2, 0.25) is 0 Å². The van der Waals surface area contributed by atoms with Crippen molar-refractivity contribution in [2.75, 3.05) is 13.2 Å². The molecular formula is C25H27ClN3O3PS. The van der Waals surface area contributed by atoms with Crippen LogP contribution in [0.1, 0.15) is 30.1 Å². The first kappa shape index (κ1) is 24.9. The lowest BCUT2D eigenvalue weighted by Crippen LogP contribution is -2.23. The summed E-state index contributed by atoms with van der Waals surface area (Å²) in [4.78, 5) is 1.12. The zero-order chi connectivity index (χ0) is 24.0. The van der Waals surface area contributed by atoms with E-state index in [1.165, 1.54) is 0 Å². The monoisotopic (exact) mass is 515 g/mol. The van der Waals surface area contributed by atoms with Gasteiger partial charge in [0.15, 0.2) is 0 Å². The Morgan fingerprint density at radius 3 is 2.35 bits per heavy atom. The molecule has 0 saturated carbocycles. The third-order valence-electron chi connectivity index (χ3n) is 5.16. The topological polar surface area (TPSA) is 65.4 Å². The highest BCUT2D eigenvalue weighted by molar-refractivity contribution is 7.54. The number of benzene rings is 2. The highest BCUT2D eigenvalue weighted by Crippen LogP contribution is 2.60. The van der Waals surface area contributed by atoms with Gasteiger partial charge in [0.05, 0.1) is 24.6 Å². The molecule has 0 spiro atoms. The molecule has 1 N–H and O–H groups in total. The maximum absolute atomic E-state index is 14.1. The number of nitrogens with zero attached hydrogens (tertiary/aromatic N) is 2. The van der Waals surface area contributed by atoms with Gasteiger partial charge in [-0.05, 0) is 49.6 Å². The SMILES string of the molecule is CCOP(=O)(OCC)C(NCc1cccs1)c1cn(-c2ccccc2)nc1-c1ccc(Cl)cc1. The Morgan fingerprint density at radius 1 is 1.03 bits per heavy atom. The van der Waals surface area contributed by atoms with Crippen molar-refractivity contribution in [1.29, 1.82) is 0 Å². The van der Waals surface area contributed by atoms with Crippen LogP contribution >= 0.6 is 30.5 Å². The number of rotatable bonds is 11. The van der Waals surface area contributed by atoms with Gasteiger partial charge in [-0.3, -0.25) is 9.88 Å². The zero-order valence-corrected chi connectivity index (χ0v) is 21.5. The molecule has 178 valence electrons. The molecule has 0 aliphatic carbocycles. The van der Waals surface area contributed by atoms with E-state index in [9.17, 15) is 4.57 Å². The van der Waals surface area contributed by atoms with Crippen LogP contribution in [0.25, 0.3) is 16.9 Å². The molecule has 0 saturated heterocycles. The van der Waals surface area contributed by atoms with Gasteiger partial charge in [-0.1, -0.05) is 48.0 Å². The fraction of sp³-hybridized carbons (Fsp3) is 0.240. The zero-order valence-electron chi connectivity index (χ0n) is 19.1. The Bertz CT molecular complexity index is 1220. The lowest BCUT2D eigenvalue weighted by molar-refractivity contribution is 0.207. The first-order valence-electron chi connectivity index (χ1n) is 11.1. The molecule has 0 aliphatic heterocycles. The predicted molar refractivity (Wildman–Crippen MR) is 139 cm³/mol. The summed E-state index contributed by atoms with van der Waals surface area (Å²) in [5, 5.41) is 11.0. The third kappa shape index (κ3) is 5.69. The van der Waals surface area contributed by atoms with E-state index in [4.69, 9.17) is 25.7 Å². The van der Waals surface area contributed by atoms with E-state index in [1.54, 1.807) is 16.0 Å². The molecule has 2 aromatic heterocycles. The van der Waals surface area contributed by atoms with Crippen molar-refractivity contribution in [3.05, 3.63) is 93.8 Å². The number of hydrogen-bond donors (Lipinski definition) is 1. The molecule has 1 atom stereocenters. The second-order valence-electron chi connectivity index (χ2n) is 7.46. The minimum atomic E-state index is -3.59. The fourth-order valence-corrected chi connectivity index (χ4v) is 6.40. The molecule has 1 unspecified atom stereocenters. The molecule has 34 heavy (non-hydrogen) atoms. The first-order chi connectivity index (χ1) is 16.5. The van der Waals surface area contributed by atoms with Crippen LogP contribution in [0.4, 0.5) is 0 Å². The highest BCUT2D eigenvalue weighted by atomic mass is 35.5. The second kappa shape index (κ2) is 11.5. The van der Waals surface area contributed by atoms with Gasteiger partial charge in [0.1, 0.15) is 5.78 Å². The molecule has 0 fully saturated rings. The van der Waals surface area contributed by atoms with Crippen LogP contribution < -0.4 is 5.32 Å². The number of thiophene rings is 1. The van der Waals surface area contributed by atoms with Crippen LogP contribution in [-0.4, -0.2) is 23.0 Å². The van der Waals surface area contributed by atoms with Gasteiger partial charge in [-0.25, -0.2) is 4.68 Å². The molecule has 2 aromatic carbocycles. The molecule has 0 bridgehead atoms. The number of nitrogens with one attached hydrogen (secondary N) is 1. The van der Waals surface area contributed by atoms with E-state index in [0.717, 1.165) is 21.7 Å². The first-order valence-corrected chi connectivity index (χ1v) is 14.0. The molecule has 0 radical (unpaired) electrons. The van der Waals surface area contributed by atoms with Gasteiger partial charge < -0.3 is 9.05 Å².